The number of methoxy groups -OCH3 is 1. The van der Waals surface area contributed by atoms with Crippen LogP contribution in [0.25, 0.3) is 0 Å². The Bertz CT molecular complexity index is 711. The molecule has 4 heteroatoms. The summed E-state index contributed by atoms with van der Waals surface area (Å²) in [4.78, 5) is 2.45. The number of ether oxygens (including phenoxy) is 2. The fourth-order valence-corrected chi connectivity index (χ4v) is 4.51. The number of hydrogen-bond donors (Lipinski definition) is 1. The number of aliphatic hydroxyl groups is 1. The molecule has 2 heterocycles. The summed E-state index contributed by atoms with van der Waals surface area (Å²) in [7, 11) is 1.69. The molecule has 1 spiro atoms. The number of benzene rings is 1. The van der Waals surface area contributed by atoms with Crippen molar-refractivity contribution < 1.29 is 14.6 Å². The molecular formula is C20H25NO3. The average Bonchev–Trinajstić information content (AvgIpc) is 2.78. The molecule has 3 aliphatic rings. The predicted octanol–water partition coefficient (Wildman–Crippen LogP) is 2.80. The van der Waals surface area contributed by atoms with Gasteiger partial charge < -0.3 is 14.6 Å². The van der Waals surface area contributed by atoms with Crippen LogP contribution in [0.3, 0.4) is 0 Å². The first-order chi connectivity index (χ1) is 11.5. The van der Waals surface area contributed by atoms with Crippen LogP contribution in [0.15, 0.2) is 36.4 Å². The number of nitrogens with zero attached hydrogens (tertiary/aromatic N) is 1. The molecular weight excluding hydrogens is 302 g/mol. The molecule has 0 amide bonds. The van der Waals surface area contributed by atoms with Crippen molar-refractivity contribution in [1.29, 1.82) is 0 Å². The topological polar surface area (TPSA) is 41.9 Å². The van der Waals surface area contributed by atoms with Gasteiger partial charge in [-0.25, -0.2) is 0 Å². The third-order valence-electron chi connectivity index (χ3n) is 5.53. The maximum atomic E-state index is 10.1. The molecule has 0 aromatic heterocycles. The van der Waals surface area contributed by atoms with Crippen molar-refractivity contribution in [3.63, 3.8) is 0 Å². The Hall–Kier alpha value is -1.78. The summed E-state index contributed by atoms with van der Waals surface area (Å²) in [6, 6.07) is 4.17. The van der Waals surface area contributed by atoms with Crippen molar-refractivity contribution in [1.82, 2.24) is 4.90 Å². The van der Waals surface area contributed by atoms with Crippen molar-refractivity contribution in [3.8, 4) is 11.5 Å². The third-order valence-corrected chi connectivity index (χ3v) is 5.53. The van der Waals surface area contributed by atoms with Crippen molar-refractivity contribution in [2.24, 2.45) is 0 Å². The minimum absolute atomic E-state index is 0.0210. The van der Waals surface area contributed by atoms with Gasteiger partial charge in [-0.15, -0.1) is 0 Å². The molecule has 4 rings (SSSR count). The van der Waals surface area contributed by atoms with E-state index in [1.54, 1.807) is 7.11 Å². The minimum atomic E-state index is -0.431. The highest BCUT2D eigenvalue weighted by Gasteiger charge is 2.52. The van der Waals surface area contributed by atoms with E-state index >= 15 is 0 Å². The maximum Gasteiger partial charge on any atom is 0.166 e. The molecule has 0 saturated carbocycles. The van der Waals surface area contributed by atoms with Gasteiger partial charge in [-0.2, -0.15) is 0 Å². The van der Waals surface area contributed by atoms with Crippen LogP contribution in [0.4, 0.5) is 0 Å². The molecule has 4 nitrogen and oxygen atoms in total. The van der Waals surface area contributed by atoms with Gasteiger partial charge in [0, 0.05) is 31.6 Å². The predicted molar refractivity (Wildman–Crippen MR) is 93.6 cm³/mol. The first kappa shape index (κ1) is 15.7. The van der Waals surface area contributed by atoms with Crippen molar-refractivity contribution in [2.75, 3.05) is 20.2 Å². The summed E-state index contributed by atoms with van der Waals surface area (Å²) in [6.45, 7) is 8.95. The van der Waals surface area contributed by atoms with Gasteiger partial charge in [0.05, 0.1) is 18.6 Å². The quantitative estimate of drug-likeness (QED) is 0.867. The summed E-state index contributed by atoms with van der Waals surface area (Å²) in [5.74, 6) is 1.66. The minimum Gasteiger partial charge on any atom is -0.493 e. The Kier molecular flexibility index (Phi) is 3.70. The fourth-order valence-electron chi connectivity index (χ4n) is 4.51. The van der Waals surface area contributed by atoms with Crippen molar-refractivity contribution in [3.05, 3.63) is 47.6 Å². The van der Waals surface area contributed by atoms with E-state index in [1.165, 1.54) is 16.7 Å². The van der Waals surface area contributed by atoms with Crippen LogP contribution in [0.2, 0.25) is 0 Å². The van der Waals surface area contributed by atoms with E-state index in [4.69, 9.17) is 9.47 Å². The molecule has 1 aliphatic carbocycles. The fraction of sp³-hybridized carbons (Fsp3) is 0.500. The largest absolute Gasteiger partial charge is 0.493 e. The van der Waals surface area contributed by atoms with Gasteiger partial charge in [0.1, 0.15) is 6.10 Å². The van der Waals surface area contributed by atoms with E-state index in [2.05, 4.69) is 30.5 Å². The van der Waals surface area contributed by atoms with Gasteiger partial charge in [0.2, 0.25) is 0 Å². The van der Waals surface area contributed by atoms with Crippen molar-refractivity contribution >= 4 is 0 Å². The monoisotopic (exact) mass is 327 g/mol. The normalized spacial score (nSPS) is 31.0. The smallest absolute Gasteiger partial charge is 0.166 e. The van der Waals surface area contributed by atoms with Crippen LogP contribution >= 0.6 is 0 Å². The number of hydrogen-bond acceptors (Lipinski definition) is 4. The lowest BCUT2D eigenvalue weighted by Crippen LogP contribution is -2.43. The summed E-state index contributed by atoms with van der Waals surface area (Å²) in [5, 5.41) is 10.1. The van der Waals surface area contributed by atoms with Crippen LogP contribution in [-0.4, -0.2) is 42.4 Å². The van der Waals surface area contributed by atoms with E-state index in [0.29, 0.717) is 6.42 Å². The van der Waals surface area contributed by atoms with E-state index in [9.17, 15) is 5.11 Å². The zero-order valence-electron chi connectivity index (χ0n) is 14.4. The second-order valence-electron chi connectivity index (χ2n) is 7.36. The van der Waals surface area contributed by atoms with Crippen LogP contribution in [0.5, 0.6) is 11.5 Å². The molecule has 3 atom stereocenters. The Labute approximate surface area is 143 Å². The highest BCUT2D eigenvalue weighted by molar-refractivity contribution is 5.61. The number of rotatable bonds is 3. The van der Waals surface area contributed by atoms with Gasteiger partial charge in [0.15, 0.2) is 11.5 Å². The van der Waals surface area contributed by atoms with E-state index in [0.717, 1.165) is 37.6 Å². The van der Waals surface area contributed by atoms with Crippen LogP contribution in [-0.2, 0) is 12.0 Å². The SMILES string of the molecule is C=C(C)CN1CC[C@@]23C=C[C@H](O)C[C@@H]2Oc2c(OC)ccc(c23)C1. The van der Waals surface area contributed by atoms with Gasteiger partial charge in [-0.3, -0.25) is 4.90 Å². The Morgan fingerprint density at radius 3 is 3.08 bits per heavy atom. The van der Waals surface area contributed by atoms with Gasteiger partial charge in [0.25, 0.3) is 0 Å². The molecule has 0 fully saturated rings. The first-order valence-electron chi connectivity index (χ1n) is 8.64. The lowest BCUT2D eigenvalue weighted by molar-refractivity contribution is 0.0815. The Balaban J connectivity index is 1.85. The zero-order chi connectivity index (χ0) is 16.9. The highest BCUT2D eigenvalue weighted by atomic mass is 16.5. The lowest BCUT2D eigenvalue weighted by atomic mass is 9.69. The molecule has 1 aromatic carbocycles. The molecule has 2 aliphatic heterocycles. The summed E-state index contributed by atoms with van der Waals surface area (Å²) in [5.41, 5.74) is 3.59. The Morgan fingerprint density at radius 1 is 1.50 bits per heavy atom. The van der Waals surface area contributed by atoms with E-state index in [1.807, 2.05) is 12.1 Å². The van der Waals surface area contributed by atoms with E-state index in [-0.39, 0.29) is 11.5 Å². The van der Waals surface area contributed by atoms with Gasteiger partial charge >= 0.3 is 0 Å². The zero-order valence-corrected chi connectivity index (χ0v) is 14.4. The molecule has 1 aromatic rings. The van der Waals surface area contributed by atoms with Crippen LogP contribution in [0, 0.1) is 0 Å². The van der Waals surface area contributed by atoms with Crippen LogP contribution in [0.1, 0.15) is 30.9 Å². The second kappa shape index (κ2) is 5.64. The number of aliphatic hydroxyl groups excluding tert-OH is 1. The standard InChI is InChI=1S/C20H25NO3/c1-13(2)11-21-9-8-20-7-6-15(22)10-17(20)24-19-16(23-3)5-4-14(12-21)18(19)20/h4-7,15,17,22H,1,8-12H2,2-3H3/t15-,17-,20-/m0/s1. The first-order valence-corrected chi connectivity index (χ1v) is 8.64. The second-order valence-corrected chi connectivity index (χ2v) is 7.36. The molecule has 0 radical (unpaired) electrons. The molecule has 0 unspecified atom stereocenters. The molecule has 1 N–H and O–H groups in total. The Morgan fingerprint density at radius 2 is 2.33 bits per heavy atom. The molecule has 128 valence electrons. The lowest BCUT2D eigenvalue weighted by Gasteiger charge is -2.35. The van der Waals surface area contributed by atoms with Crippen LogP contribution < -0.4 is 9.47 Å². The van der Waals surface area contributed by atoms with Crippen molar-refractivity contribution in [2.45, 2.75) is 43.9 Å². The molecule has 24 heavy (non-hydrogen) atoms. The molecule has 0 saturated heterocycles. The highest BCUT2D eigenvalue weighted by Crippen LogP contribution is 2.55. The summed E-state index contributed by atoms with van der Waals surface area (Å²) >= 11 is 0. The third kappa shape index (κ3) is 2.28. The maximum absolute atomic E-state index is 10.1. The summed E-state index contributed by atoms with van der Waals surface area (Å²) < 4.78 is 11.9. The van der Waals surface area contributed by atoms with E-state index < -0.39 is 6.10 Å². The molecule has 0 bridgehead atoms. The van der Waals surface area contributed by atoms with Gasteiger partial charge in [-0.05, 0) is 25.0 Å². The average molecular weight is 327 g/mol. The summed E-state index contributed by atoms with van der Waals surface area (Å²) in [6.07, 6.45) is 5.29. The van der Waals surface area contributed by atoms with Gasteiger partial charge in [-0.1, -0.05) is 30.4 Å².